The van der Waals surface area contributed by atoms with E-state index in [1.165, 1.54) is 0 Å². The standard InChI is InChI=1S/C13H19NO/c1-4-11(5-2)8-13(15)12-7-6-10(3)14-9-12/h6-7,9,11H,4-5,8H2,1-3H3. The summed E-state index contributed by atoms with van der Waals surface area (Å²) in [6.07, 6.45) is 4.47. The van der Waals surface area contributed by atoms with E-state index in [1.54, 1.807) is 6.20 Å². The second-order valence-electron chi connectivity index (χ2n) is 4.00. The highest BCUT2D eigenvalue weighted by Crippen LogP contribution is 2.16. The molecule has 1 heterocycles. The Morgan fingerprint density at radius 3 is 2.47 bits per heavy atom. The Kier molecular flexibility index (Phi) is 4.47. The molecule has 0 N–H and O–H groups in total. The molecule has 0 amide bonds. The summed E-state index contributed by atoms with van der Waals surface area (Å²) < 4.78 is 0. The van der Waals surface area contributed by atoms with Crippen molar-refractivity contribution in [3.63, 3.8) is 0 Å². The number of hydrogen-bond donors (Lipinski definition) is 0. The zero-order chi connectivity index (χ0) is 11.3. The molecule has 1 rings (SSSR count). The van der Waals surface area contributed by atoms with Gasteiger partial charge in [0.25, 0.3) is 0 Å². The van der Waals surface area contributed by atoms with Crippen LogP contribution in [0.15, 0.2) is 18.3 Å². The fraction of sp³-hybridized carbons (Fsp3) is 0.538. The van der Waals surface area contributed by atoms with Crippen molar-refractivity contribution >= 4 is 5.78 Å². The highest BCUT2D eigenvalue weighted by molar-refractivity contribution is 5.95. The Labute approximate surface area is 91.7 Å². The predicted molar refractivity (Wildman–Crippen MR) is 62.0 cm³/mol. The first-order valence-corrected chi connectivity index (χ1v) is 5.63. The number of Topliss-reactive ketones (excluding diaryl/α,β-unsaturated/α-hetero) is 1. The van der Waals surface area contributed by atoms with Gasteiger partial charge in [0, 0.05) is 23.9 Å². The first-order chi connectivity index (χ1) is 7.17. The Hall–Kier alpha value is -1.18. The third-order valence-electron chi connectivity index (χ3n) is 2.86. The quantitative estimate of drug-likeness (QED) is 0.689. The molecule has 0 aliphatic heterocycles. The van der Waals surface area contributed by atoms with Gasteiger partial charge in [0.1, 0.15) is 0 Å². The number of pyridine rings is 1. The van der Waals surface area contributed by atoms with Crippen molar-refractivity contribution in [2.75, 3.05) is 0 Å². The van der Waals surface area contributed by atoms with Crippen molar-refractivity contribution in [2.24, 2.45) is 5.92 Å². The summed E-state index contributed by atoms with van der Waals surface area (Å²) in [6, 6.07) is 3.76. The molecule has 2 nitrogen and oxygen atoms in total. The molecule has 82 valence electrons. The summed E-state index contributed by atoms with van der Waals surface area (Å²) in [5.41, 5.74) is 1.70. The molecule has 0 radical (unpaired) electrons. The van der Waals surface area contributed by atoms with E-state index >= 15 is 0 Å². The lowest BCUT2D eigenvalue weighted by Crippen LogP contribution is -2.07. The largest absolute Gasteiger partial charge is 0.294 e. The number of hydrogen-bond acceptors (Lipinski definition) is 2. The third kappa shape index (κ3) is 3.46. The number of aryl methyl sites for hydroxylation is 1. The van der Waals surface area contributed by atoms with Crippen LogP contribution >= 0.6 is 0 Å². The monoisotopic (exact) mass is 205 g/mol. The predicted octanol–water partition coefficient (Wildman–Crippen LogP) is 3.40. The number of rotatable bonds is 5. The minimum Gasteiger partial charge on any atom is -0.294 e. The molecule has 15 heavy (non-hydrogen) atoms. The Bertz CT molecular complexity index is 312. The van der Waals surface area contributed by atoms with Crippen LogP contribution in [-0.2, 0) is 0 Å². The van der Waals surface area contributed by atoms with Crippen molar-refractivity contribution in [1.82, 2.24) is 4.98 Å². The topological polar surface area (TPSA) is 30.0 Å². The van der Waals surface area contributed by atoms with Crippen molar-refractivity contribution in [3.8, 4) is 0 Å². The van der Waals surface area contributed by atoms with Gasteiger partial charge in [-0.15, -0.1) is 0 Å². The molecule has 0 aliphatic carbocycles. The van der Waals surface area contributed by atoms with Crippen LogP contribution in [-0.4, -0.2) is 10.8 Å². The lowest BCUT2D eigenvalue weighted by molar-refractivity contribution is 0.0958. The SMILES string of the molecule is CCC(CC)CC(=O)c1ccc(C)nc1. The van der Waals surface area contributed by atoms with Crippen molar-refractivity contribution in [2.45, 2.75) is 40.0 Å². The molecular formula is C13H19NO. The Morgan fingerprint density at radius 2 is 2.00 bits per heavy atom. The summed E-state index contributed by atoms with van der Waals surface area (Å²) in [6.45, 7) is 6.19. The van der Waals surface area contributed by atoms with E-state index in [1.807, 2.05) is 19.1 Å². The number of carbonyl (C=O) groups excluding carboxylic acids is 1. The second kappa shape index (κ2) is 5.64. The van der Waals surface area contributed by atoms with Crippen LogP contribution in [0.1, 0.15) is 49.2 Å². The number of aromatic nitrogens is 1. The van der Waals surface area contributed by atoms with Gasteiger partial charge >= 0.3 is 0 Å². The van der Waals surface area contributed by atoms with E-state index in [0.717, 1.165) is 24.1 Å². The van der Waals surface area contributed by atoms with Crippen LogP contribution in [0.25, 0.3) is 0 Å². The van der Waals surface area contributed by atoms with E-state index in [9.17, 15) is 4.79 Å². The zero-order valence-electron chi connectivity index (χ0n) is 9.79. The summed E-state index contributed by atoms with van der Waals surface area (Å²) in [4.78, 5) is 16.0. The zero-order valence-corrected chi connectivity index (χ0v) is 9.79. The lowest BCUT2D eigenvalue weighted by atomic mass is 9.94. The van der Waals surface area contributed by atoms with Crippen LogP contribution < -0.4 is 0 Å². The molecular weight excluding hydrogens is 186 g/mol. The van der Waals surface area contributed by atoms with Gasteiger partial charge in [0.15, 0.2) is 5.78 Å². The summed E-state index contributed by atoms with van der Waals surface area (Å²) >= 11 is 0. The van der Waals surface area contributed by atoms with Gasteiger partial charge in [-0.2, -0.15) is 0 Å². The maximum absolute atomic E-state index is 11.8. The summed E-state index contributed by atoms with van der Waals surface area (Å²) in [5, 5.41) is 0. The van der Waals surface area contributed by atoms with Crippen LogP contribution in [0.5, 0.6) is 0 Å². The van der Waals surface area contributed by atoms with Gasteiger partial charge in [-0.05, 0) is 25.0 Å². The van der Waals surface area contributed by atoms with Crippen LogP contribution in [0.2, 0.25) is 0 Å². The number of carbonyl (C=O) groups is 1. The molecule has 0 aromatic carbocycles. The maximum Gasteiger partial charge on any atom is 0.164 e. The maximum atomic E-state index is 11.8. The van der Waals surface area contributed by atoms with E-state index in [0.29, 0.717) is 12.3 Å². The average molecular weight is 205 g/mol. The molecule has 0 fully saturated rings. The third-order valence-corrected chi connectivity index (χ3v) is 2.86. The number of nitrogens with zero attached hydrogens (tertiary/aromatic N) is 1. The van der Waals surface area contributed by atoms with Crippen molar-refractivity contribution in [3.05, 3.63) is 29.6 Å². The van der Waals surface area contributed by atoms with E-state index in [4.69, 9.17) is 0 Å². The fourth-order valence-corrected chi connectivity index (χ4v) is 1.59. The Morgan fingerprint density at radius 1 is 1.33 bits per heavy atom. The highest BCUT2D eigenvalue weighted by atomic mass is 16.1. The molecule has 1 aromatic heterocycles. The van der Waals surface area contributed by atoms with E-state index < -0.39 is 0 Å². The Balaban J connectivity index is 2.64. The second-order valence-corrected chi connectivity index (χ2v) is 4.00. The van der Waals surface area contributed by atoms with Gasteiger partial charge < -0.3 is 0 Å². The summed E-state index contributed by atoms with van der Waals surface area (Å²) in [7, 11) is 0. The van der Waals surface area contributed by atoms with E-state index in [-0.39, 0.29) is 5.78 Å². The van der Waals surface area contributed by atoms with Gasteiger partial charge in [0.05, 0.1) is 0 Å². The smallest absolute Gasteiger partial charge is 0.164 e. The molecule has 1 aromatic rings. The minimum absolute atomic E-state index is 0.219. The van der Waals surface area contributed by atoms with Gasteiger partial charge in [-0.1, -0.05) is 26.7 Å². The van der Waals surface area contributed by atoms with Gasteiger partial charge in [-0.3, -0.25) is 9.78 Å². The first kappa shape index (κ1) is 11.9. The molecule has 0 aliphatic rings. The van der Waals surface area contributed by atoms with Crippen molar-refractivity contribution < 1.29 is 4.79 Å². The first-order valence-electron chi connectivity index (χ1n) is 5.63. The minimum atomic E-state index is 0.219. The van der Waals surface area contributed by atoms with Crippen LogP contribution in [0.4, 0.5) is 0 Å². The lowest BCUT2D eigenvalue weighted by Gasteiger charge is -2.10. The van der Waals surface area contributed by atoms with Crippen LogP contribution in [0.3, 0.4) is 0 Å². The number of ketones is 1. The molecule has 0 bridgehead atoms. The van der Waals surface area contributed by atoms with Gasteiger partial charge in [0.2, 0.25) is 0 Å². The van der Waals surface area contributed by atoms with Crippen molar-refractivity contribution in [1.29, 1.82) is 0 Å². The molecule has 0 saturated heterocycles. The summed E-state index contributed by atoms with van der Waals surface area (Å²) in [5.74, 6) is 0.731. The van der Waals surface area contributed by atoms with Crippen LogP contribution in [0, 0.1) is 12.8 Å². The molecule has 0 spiro atoms. The molecule has 0 saturated carbocycles. The molecule has 2 heteroatoms. The van der Waals surface area contributed by atoms with E-state index in [2.05, 4.69) is 18.8 Å². The molecule has 0 unspecified atom stereocenters. The molecule has 0 atom stereocenters. The highest BCUT2D eigenvalue weighted by Gasteiger charge is 2.12. The van der Waals surface area contributed by atoms with Gasteiger partial charge in [-0.25, -0.2) is 0 Å². The average Bonchev–Trinajstić information content (AvgIpc) is 2.26. The normalized spacial score (nSPS) is 10.7. The fourth-order valence-electron chi connectivity index (χ4n) is 1.59.